The average Bonchev–Trinajstić information content (AvgIpc) is 2.88. The third-order valence-corrected chi connectivity index (χ3v) is 5.18. The number of benzene rings is 2. The van der Waals surface area contributed by atoms with E-state index in [0.29, 0.717) is 19.6 Å². The number of hydrogen-bond donors (Lipinski definition) is 4. The molecule has 9 nitrogen and oxygen atoms in total. The molecule has 10 heteroatoms. The summed E-state index contributed by atoms with van der Waals surface area (Å²) in [7, 11) is 0. The van der Waals surface area contributed by atoms with Gasteiger partial charge in [0.1, 0.15) is 0 Å². The number of esters is 1. The number of carbonyl (C=O) groups is 4. The molecule has 0 unspecified atom stereocenters. The van der Waals surface area contributed by atoms with Gasteiger partial charge in [-0.05, 0) is 42.6 Å². The minimum atomic E-state index is -0.448. The van der Waals surface area contributed by atoms with Gasteiger partial charge in [0.25, 0.3) is 0 Å². The molecule has 4 N–H and O–H groups in total. The second-order valence-electron chi connectivity index (χ2n) is 7.98. The van der Waals surface area contributed by atoms with E-state index in [9.17, 15) is 19.2 Å². The van der Waals surface area contributed by atoms with Crippen LogP contribution in [0.4, 0.5) is 0 Å². The Labute approximate surface area is 216 Å². The van der Waals surface area contributed by atoms with E-state index in [1.54, 1.807) is 0 Å². The van der Waals surface area contributed by atoms with Gasteiger partial charge in [0.2, 0.25) is 17.7 Å². The molecule has 2 aromatic carbocycles. The van der Waals surface area contributed by atoms with Gasteiger partial charge in [-0.3, -0.25) is 30.0 Å². The van der Waals surface area contributed by atoms with Crippen molar-refractivity contribution in [2.24, 2.45) is 0 Å². The Morgan fingerprint density at radius 3 is 2.03 bits per heavy atom. The predicted molar refractivity (Wildman–Crippen MR) is 139 cm³/mol. The maximum absolute atomic E-state index is 11.9. The number of rotatable bonds is 13. The lowest BCUT2D eigenvalue weighted by Crippen LogP contribution is -2.48. The number of thiocarbonyl (C=S) groups is 1. The van der Waals surface area contributed by atoms with E-state index < -0.39 is 5.91 Å². The van der Waals surface area contributed by atoms with Crippen molar-refractivity contribution in [3.8, 4) is 0 Å². The molecule has 0 aliphatic carbocycles. The van der Waals surface area contributed by atoms with Crippen LogP contribution in [-0.2, 0) is 36.9 Å². The number of carbonyl (C=O) groups excluding carboxylic acids is 4. The van der Waals surface area contributed by atoms with Gasteiger partial charge in [-0.2, -0.15) is 0 Å². The van der Waals surface area contributed by atoms with E-state index in [1.807, 2.05) is 60.7 Å². The topological polar surface area (TPSA) is 126 Å². The standard InChI is InChI=1S/C26H32N4O5S/c31-22(27-19-21-11-5-2-6-12-21)16-17-24(33)29-30-26(36)28-23(32)14-7-15-25(34)35-18-8-13-20-9-3-1-4-10-20/h1-6,9-12H,7-8,13-19H2,(H,27,31)(H,29,33)(H2,28,30,32,36). The van der Waals surface area contributed by atoms with Gasteiger partial charge in [-0.15, -0.1) is 0 Å². The van der Waals surface area contributed by atoms with E-state index in [-0.39, 0.29) is 48.6 Å². The van der Waals surface area contributed by atoms with Crippen LogP contribution in [0, 0.1) is 0 Å². The number of nitrogens with one attached hydrogen (secondary N) is 4. The predicted octanol–water partition coefficient (Wildman–Crippen LogP) is 2.45. The summed E-state index contributed by atoms with van der Waals surface area (Å²) in [5.41, 5.74) is 6.91. The van der Waals surface area contributed by atoms with E-state index in [2.05, 4.69) is 21.5 Å². The fraction of sp³-hybridized carbons (Fsp3) is 0.346. The first-order valence-corrected chi connectivity index (χ1v) is 12.2. The smallest absolute Gasteiger partial charge is 0.305 e. The van der Waals surface area contributed by atoms with Crippen LogP contribution in [0.15, 0.2) is 60.7 Å². The number of aryl methyl sites for hydroxylation is 1. The van der Waals surface area contributed by atoms with Crippen LogP contribution in [0.1, 0.15) is 49.7 Å². The van der Waals surface area contributed by atoms with Crippen LogP contribution in [0.5, 0.6) is 0 Å². The third kappa shape index (κ3) is 13.2. The van der Waals surface area contributed by atoms with Crippen molar-refractivity contribution >= 4 is 41.0 Å². The zero-order valence-electron chi connectivity index (χ0n) is 20.1. The zero-order valence-corrected chi connectivity index (χ0v) is 20.9. The van der Waals surface area contributed by atoms with Gasteiger partial charge in [-0.25, -0.2) is 0 Å². The Morgan fingerprint density at radius 1 is 0.694 bits per heavy atom. The second-order valence-corrected chi connectivity index (χ2v) is 8.38. The molecule has 0 aromatic heterocycles. The highest BCUT2D eigenvalue weighted by Gasteiger charge is 2.10. The Balaban J connectivity index is 1.47. The lowest BCUT2D eigenvalue weighted by atomic mass is 10.1. The molecule has 3 amide bonds. The summed E-state index contributed by atoms with van der Waals surface area (Å²) in [5, 5.41) is 5.08. The lowest BCUT2D eigenvalue weighted by molar-refractivity contribution is -0.143. The number of amides is 3. The molecule has 36 heavy (non-hydrogen) atoms. The highest BCUT2D eigenvalue weighted by molar-refractivity contribution is 7.80. The van der Waals surface area contributed by atoms with E-state index in [4.69, 9.17) is 17.0 Å². The van der Waals surface area contributed by atoms with Crippen molar-refractivity contribution in [1.82, 2.24) is 21.5 Å². The average molecular weight is 513 g/mol. The SMILES string of the molecule is O=C(CCC(=O)NNC(=S)NC(=O)CCCC(=O)OCCCc1ccccc1)NCc1ccccc1. The summed E-state index contributed by atoms with van der Waals surface area (Å²) in [6, 6.07) is 19.4. The van der Waals surface area contributed by atoms with Gasteiger partial charge >= 0.3 is 5.97 Å². The Morgan fingerprint density at radius 2 is 1.33 bits per heavy atom. The molecule has 2 rings (SSSR count). The summed E-state index contributed by atoms with van der Waals surface area (Å²) in [6.45, 7) is 0.726. The van der Waals surface area contributed by atoms with E-state index in [0.717, 1.165) is 18.4 Å². The maximum Gasteiger partial charge on any atom is 0.305 e. The molecule has 0 fully saturated rings. The molecule has 0 saturated carbocycles. The van der Waals surface area contributed by atoms with Crippen LogP contribution in [0.3, 0.4) is 0 Å². The Hall–Kier alpha value is -3.79. The molecule has 192 valence electrons. The lowest BCUT2D eigenvalue weighted by Gasteiger charge is -2.11. The molecule has 0 spiro atoms. The highest BCUT2D eigenvalue weighted by Crippen LogP contribution is 2.04. The fourth-order valence-electron chi connectivity index (χ4n) is 3.09. The highest BCUT2D eigenvalue weighted by atomic mass is 32.1. The molecule has 0 atom stereocenters. The largest absolute Gasteiger partial charge is 0.466 e. The van der Waals surface area contributed by atoms with Gasteiger partial charge in [-0.1, -0.05) is 60.7 Å². The molecule has 0 aliphatic rings. The molecule has 0 radical (unpaired) electrons. The van der Waals surface area contributed by atoms with Crippen LogP contribution < -0.4 is 21.5 Å². The van der Waals surface area contributed by atoms with Crippen molar-refractivity contribution in [3.05, 3.63) is 71.8 Å². The summed E-state index contributed by atoms with van der Waals surface area (Å²) in [4.78, 5) is 47.5. The molecule has 0 aliphatic heterocycles. The summed E-state index contributed by atoms with van der Waals surface area (Å²) in [6.07, 6.45) is 2.06. The molecular formula is C26H32N4O5S. The minimum Gasteiger partial charge on any atom is -0.466 e. The van der Waals surface area contributed by atoms with Crippen molar-refractivity contribution in [2.75, 3.05) is 6.61 Å². The van der Waals surface area contributed by atoms with Crippen molar-refractivity contribution in [2.45, 2.75) is 51.5 Å². The fourth-order valence-corrected chi connectivity index (χ4v) is 3.26. The maximum atomic E-state index is 11.9. The van der Waals surface area contributed by atoms with Crippen molar-refractivity contribution in [3.63, 3.8) is 0 Å². The molecule has 0 bridgehead atoms. The van der Waals surface area contributed by atoms with Crippen LogP contribution in [0.2, 0.25) is 0 Å². The quantitative estimate of drug-likeness (QED) is 0.141. The first-order valence-electron chi connectivity index (χ1n) is 11.8. The molecule has 0 heterocycles. The summed E-state index contributed by atoms with van der Waals surface area (Å²) in [5.74, 6) is -1.44. The second kappa shape index (κ2) is 16.8. The molecule has 0 saturated heterocycles. The minimum absolute atomic E-state index is 0.0157. The first kappa shape index (κ1) is 28.4. The van der Waals surface area contributed by atoms with Crippen LogP contribution in [0.25, 0.3) is 0 Å². The van der Waals surface area contributed by atoms with Crippen molar-refractivity contribution < 1.29 is 23.9 Å². The van der Waals surface area contributed by atoms with E-state index >= 15 is 0 Å². The number of hydrazine groups is 1. The Bertz CT molecular complexity index is 1000. The molecular weight excluding hydrogens is 480 g/mol. The van der Waals surface area contributed by atoms with Crippen LogP contribution >= 0.6 is 12.2 Å². The zero-order chi connectivity index (χ0) is 26.0. The van der Waals surface area contributed by atoms with Crippen LogP contribution in [-0.4, -0.2) is 35.4 Å². The van der Waals surface area contributed by atoms with E-state index in [1.165, 1.54) is 5.56 Å². The van der Waals surface area contributed by atoms with Gasteiger partial charge in [0.05, 0.1) is 6.61 Å². The van der Waals surface area contributed by atoms with Gasteiger partial charge < -0.3 is 15.4 Å². The Kier molecular flexibility index (Phi) is 13.3. The monoisotopic (exact) mass is 512 g/mol. The number of hydrogen-bond acceptors (Lipinski definition) is 6. The third-order valence-electron chi connectivity index (χ3n) is 4.98. The normalized spacial score (nSPS) is 10.1. The molecule has 2 aromatic rings. The first-order chi connectivity index (χ1) is 17.4. The van der Waals surface area contributed by atoms with Gasteiger partial charge in [0.15, 0.2) is 5.11 Å². The van der Waals surface area contributed by atoms with Gasteiger partial charge in [0, 0.05) is 32.2 Å². The summed E-state index contributed by atoms with van der Waals surface area (Å²) >= 11 is 4.96. The summed E-state index contributed by atoms with van der Waals surface area (Å²) < 4.78 is 5.18. The van der Waals surface area contributed by atoms with Crippen molar-refractivity contribution in [1.29, 1.82) is 0 Å². The number of ether oxygens (including phenoxy) is 1.